The van der Waals surface area contributed by atoms with Crippen molar-refractivity contribution >= 4 is 15.9 Å². The Labute approximate surface area is 197 Å². The number of hydrogen-bond acceptors (Lipinski definition) is 5. The molecule has 0 saturated carbocycles. The molecule has 1 amide bonds. The first-order chi connectivity index (χ1) is 15.6. The van der Waals surface area contributed by atoms with E-state index in [2.05, 4.69) is 26.1 Å². The third-order valence-corrected chi connectivity index (χ3v) is 8.22. The molecule has 1 aliphatic heterocycles. The molecule has 1 fully saturated rings. The standard InChI is InChI=1S/C25H35N3O4S/c1-5-20-6-8-21(9-7-20)16-26-25(30)24-17-27(19(4)29)14-15-28(24)33(31,32)23-12-10-22(11-13-23)18(2)3/h6-13,18,24-26,30H,5,14-17H2,1-4H3/t24-,25?/m1/s1. The lowest BCUT2D eigenvalue weighted by molar-refractivity contribution is -0.132. The molecule has 2 aromatic rings. The van der Waals surface area contributed by atoms with E-state index in [9.17, 15) is 18.3 Å². The van der Waals surface area contributed by atoms with E-state index < -0.39 is 22.3 Å². The average molecular weight is 474 g/mol. The molecule has 0 radical (unpaired) electrons. The van der Waals surface area contributed by atoms with Crippen LogP contribution in [-0.4, -0.2) is 60.5 Å². The first-order valence-electron chi connectivity index (χ1n) is 11.5. The fraction of sp³-hybridized carbons (Fsp3) is 0.480. The molecule has 2 atom stereocenters. The van der Waals surface area contributed by atoms with Crippen molar-refractivity contribution in [1.82, 2.24) is 14.5 Å². The van der Waals surface area contributed by atoms with E-state index in [0.29, 0.717) is 19.0 Å². The van der Waals surface area contributed by atoms with Gasteiger partial charge in [-0.05, 0) is 41.2 Å². The van der Waals surface area contributed by atoms with Gasteiger partial charge in [-0.15, -0.1) is 0 Å². The lowest BCUT2D eigenvalue weighted by Gasteiger charge is -2.42. The zero-order valence-electron chi connectivity index (χ0n) is 19.9. The van der Waals surface area contributed by atoms with Crippen molar-refractivity contribution in [3.05, 3.63) is 65.2 Å². The van der Waals surface area contributed by atoms with Crippen LogP contribution in [0.5, 0.6) is 0 Å². The Morgan fingerprint density at radius 3 is 2.21 bits per heavy atom. The Kier molecular flexibility index (Phi) is 8.28. The van der Waals surface area contributed by atoms with Gasteiger partial charge >= 0.3 is 0 Å². The van der Waals surface area contributed by atoms with Gasteiger partial charge < -0.3 is 10.0 Å². The maximum absolute atomic E-state index is 13.5. The number of nitrogens with zero attached hydrogens (tertiary/aromatic N) is 2. The third kappa shape index (κ3) is 6.00. The smallest absolute Gasteiger partial charge is 0.243 e. The van der Waals surface area contributed by atoms with Crippen molar-refractivity contribution in [3.8, 4) is 0 Å². The average Bonchev–Trinajstić information content (AvgIpc) is 2.82. The number of benzene rings is 2. The summed E-state index contributed by atoms with van der Waals surface area (Å²) < 4.78 is 28.3. The molecule has 180 valence electrons. The Morgan fingerprint density at radius 2 is 1.67 bits per heavy atom. The number of aliphatic hydroxyl groups excluding tert-OH is 1. The van der Waals surface area contributed by atoms with Crippen molar-refractivity contribution in [2.24, 2.45) is 0 Å². The van der Waals surface area contributed by atoms with Gasteiger partial charge in [0.1, 0.15) is 6.23 Å². The normalized spacial score (nSPS) is 18.5. The van der Waals surface area contributed by atoms with Crippen molar-refractivity contribution in [2.45, 2.75) is 63.7 Å². The van der Waals surface area contributed by atoms with E-state index in [1.54, 1.807) is 17.0 Å². The number of aryl methyl sites for hydroxylation is 1. The molecule has 0 bridgehead atoms. The van der Waals surface area contributed by atoms with Crippen molar-refractivity contribution < 1.29 is 18.3 Å². The lowest BCUT2D eigenvalue weighted by atomic mass is 10.0. The van der Waals surface area contributed by atoms with Crippen LogP contribution >= 0.6 is 0 Å². The molecule has 33 heavy (non-hydrogen) atoms. The van der Waals surface area contributed by atoms with Crippen LogP contribution in [0.15, 0.2) is 53.4 Å². The highest BCUT2D eigenvalue weighted by atomic mass is 32.2. The fourth-order valence-corrected chi connectivity index (χ4v) is 5.66. The monoisotopic (exact) mass is 473 g/mol. The van der Waals surface area contributed by atoms with Gasteiger partial charge in [0.25, 0.3) is 0 Å². The summed E-state index contributed by atoms with van der Waals surface area (Å²) in [7, 11) is -3.84. The van der Waals surface area contributed by atoms with Gasteiger partial charge in [0.15, 0.2) is 0 Å². The lowest BCUT2D eigenvalue weighted by Crippen LogP contribution is -2.62. The van der Waals surface area contributed by atoms with Gasteiger partial charge in [0.05, 0.1) is 10.9 Å². The van der Waals surface area contributed by atoms with Crippen LogP contribution in [-0.2, 0) is 27.8 Å². The van der Waals surface area contributed by atoms with Crippen LogP contribution in [0.25, 0.3) is 0 Å². The number of hydrogen-bond donors (Lipinski definition) is 2. The number of carbonyl (C=O) groups excluding carboxylic acids is 1. The molecular weight excluding hydrogens is 438 g/mol. The summed E-state index contributed by atoms with van der Waals surface area (Å²) >= 11 is 0. The zero-order chi connectivity index (χ0) is 24.2. The van der Waals surface area contributed by atoms with E-state index in [1.807, 2.05) is 36.4 Å². The molecular formula is C25H35N3O4S. The van der Waals surface area contributed by atoms with Gasteiger partial charge in [-0.25, -0.2) is 8.42 Å². The molecule has 1 saturated heterocycles. The van der Waals surface area contributed by atoms with Crippen LogP contribution < -0.4 is 5.32 Å². The third-order valence-electron chi connectivity index (χ3n) is 6.28. The van der Waals surface area contributed by atoms with Crippen LogP contribution in [0, 0.1) is 0 Å². The van der Waals surface area contributed by atoms with E-state index in [0.717, 1.165) is 17.5 Å². The quantitative estimate of drug-likeness (QED) is 0.576. The van der Waals surface area contributed by atoms with Crippen LogP contribution in [0.4, 0.5) is 0 Å². The molecule has 8 heteroatoms. The van der Waals surface area contributed by atoms with Gasteiger partial charge in [-0.1, -0.05) is 57.2 Å². The van der Waals surface area contributed by atoms with E-state index in [1.165, 1.54) is 16.8 Å². The highest BCUT2D eigenvalue weighted by molar-refractivity contribution is 7.89. The Hall–Kier alpha value is -2.26. The van der Waals surface area contributed by atoms with Crippen molar-refractivity contribution in [2.75, 3.05) is 19.6 Å². The highest BCUT2D eigenvalue weighted by Gasteiger charge is 2.40. The minimum absolute atomic E-state index is 0.127. The summed E-state index contributed by atoms with van der Waals surface area (Å²) in [6.07, 6.45) is -0.188. The van der Waals surface area contributed by atoms with Gasteiger partial charge in [0.2, 0.25) is 15.9 Å². The molecule has 1 heterocycles. The van der Waals surface area contributed by atoms with Gasteiger partial charge in [0, 0.05) is 33.1 Å². The van der Waals surface area contributed by atoms with E-state index in [-0.39, 0.29) is 23.9 Å². The maximum atomic E-state index is 13.5. The number of amides is 1. The SMILES string of the molecule is CCc1ccc(CNC(O)[C@H]2CN(C(C)=O)CCN2S(=O)(=O)c2ccc(C(C)C)cc2)cc1. The minimum atomic E-state index is -3.84. The topological polar surface area (TPSA) is 89.9 Å². The molecule has 0 spiro atoms. The number of aliphatic hydroxyl groups is 1. The predicted molar refractivity (Wildman–Crippen MR) is 129 cm³/mol. The van der Waals surface area contributed by atoms with Gasteiger partial charge in [-0.2, -0.15) is 4.31 Å². The maximum Gasteiger partial charge on any atom is 0.243 e. The summed E-state index contributed by atoms with van der Waals surface area (Å²) in [6.45, 7) is 8.59. The highest BCUT2D eigenvalue weighted by Crippen LogP contribution is 2.25. The molecule has 3 rings (SSSR count). The molecule has 0 aromatic heterocycles. The first kappa shape index (κ1) is 25.4. The van der Waals surface area contributed by atoms with E-state index in [4.69, 9.17) is 0 Å². The minimum Gasteiger partial charge on any atom is -0.377 e. The van der Waals surface area contributed by atoms with Crippen LogP contribution in [0.2, 0.25) is 0 Å². The summed E-state index contributed by atoms with van der Waals surface area (Å²) in [6, 6.07) is 14.2. The number of rotatable bonds is 8. The second kappa shape index (κ2) is 10.8. The van der Waals surface area contributed by atoms with Crippen LogP contribution in [0.1, 0.15) is 50.3 Å². The molecule has 2 N–H and O–H groups in total. The fourth-order valence-electron chi connectivity index (χ4n) is 4.05. The number of nitrogens with one attached hydrogen (secondary N) is 1. The molecule has 1 unspecified atom stereocenters. The number of piperazine rings is 1. The number of sulfonamides is 1. The van der Waals surface area contributed by atoms with Gasteiger partial charge in [-0.3, -0.25) is 10.1 Å². The second-order valence-electron chi connectivity index (χ2n) is 8.87. The first-order valence-corrected chi connectivity index (χ1v) is 12.9. The van der Waals surface area contributed by atoms with E-state index >= 15 is 0 Å². The Morgan fingerprint density at radius 1 is 1.06 bits per heavy atom. The summed E-state index contributed by atoms with van der Waals surface area (Å²) in [5.74, 6) is 0.159. The largest absolute Gasteiger partial charge is 0.377 e. The summed E-state index contributed by atoms with van der Waals surface area (Å²) in [5, 5.41) is 14.0. The summed E-state index contributed by atoms with van der Waals surface area (Å²) in [5.41, 5.74) is 3.27. The van der Waals surface area contributed by atoms with Crippen molar-refractivity contribution in [3.63, 3.8) is 0 Å². The molecule has 7 nitrogen and oxygen atoms in total. The van der Waals surface area contributed by atoms with Crippen LogP contribution in [0.3, 0.4) is 0 Å². The predicted octanol–water partition coefficient (Wildman–Crippen LogP) is 2.70. The Bertz CT molecular complexity index is 1040. The zero-order valence-corrected chi connectivity index (χ0v) is 20.7. The molecule has 2 aromatic carbocycles. The van der Waals surface area contributed by atoms with Crippen molar-refractivity contribution in [1.29, 1.82) is 0 Å². The second-order valence-corrected chi connectivity index (χ2v) is 10.8. The molecule has 1 aliphatic rings. The molecule has 0 aliphatic carbocycles. The number of carbonyl (C=O) groups is 1. The summed E-state index contributed by atoms with van der Waals surface area (Å²) in [4.78, 5) is 13.8. The Balaban J connectivity index is 1.81.